The smallest absolute Gasteiger partial charge is 0.387 e. The largest absolute Gasteiger partial charge is 0.497 e. The minimum atomic E-state index is -2.07. The van der Waals surface area contributed by atoms with Crippen LogP contribution in [0.5, 0.6) is 17.2 Å². The summed E-state index contributed by atoms with van der Waals surface area (Å²) in [6.45, 7) is 1.34. The Bertz CT molecular complexity index is 870. The molecular weight excluding hydrogens is 392 g/mol. The SMILES string of the molecule is CCOC(=O)C(CNc1ccc(OC)cc1)(Cc1cccc(OC)c1OC)[N+](=O)[O-]. The Hall–Kier alpha value is -3.49. The molecule has 0 aliphatic rings. The number of nitrogens with zero attached hydrogens (tertiary/aromatic N) is 1. The quantitative estimate of drug-likeness (QED) is 0.337. The minimum Gasteiger partial charge on any atom is -0.497 e. The molecule has 0 radical (unpaired) electrons. The summed E-state index contributed by atoms with van der Waals surface area (Å²) in [5.41, 5.74) is -1.02. The third-order valence-electron chi connectivity index (χ3n) is 4.65. The molecule has 0 spiro atoms. The van der Waals surface area contributed by atoms with Crippen molar-refractivity contribution in [1.29, 1.82) is 0 Å². The van der Waals surface area contributed by atoms with Gasteiger partial charge in [0.2, 0.25) is 0 Å². The van der Waals surface area contributed by atoms with Crippen molar-refractivity contribution in [3.63, 3.8) is 0 Å². The number of hydrogen-bond acceptors (Lipinski definition) is 8. The van der Waals surface area contributed by atoms with Crippen LogP contribution in [0, 0.1) is 10.1 Å². The summed E-state index contributed by atoms with van der Waals surface area (Å²) < 4.78 is 20.9. The number of ether oxygens (including phenoxy) is 4. The van der Waals surface area contributed by atoms with Gasteiger partial charge in [-0.3, -0.25) is 10.1 Å². The van der Waals surface area contributed by atoms with Gasteiger partial charge >= 0.3 is 11.5 Å². The molecule has 1 unspecified atom stereocenters. The molecular formula is C21H26N2O7. The second-order valence-corrected chi connectivity index (χ2v) is 6.42. The lowest BCUT2D eigenvalue weighted by molar-refractivity contribution is -0.551. The standard InChI is InChI=1S/C21H26N2O7/c1-5-30-20(24)21(23(25)26,14-22-16-9-11-17(27-2)12-10-16)13-15-7-6-8-18(28-3)19(15)29-4/h6-12,22H,5,13-14H2,1-4H3. The lowest BCUT2D eigenvalue weighted by Crippen LogP contribution is -2.54. The van der Waals surface area contributed by atoms with E-state index in [9.17, 15) is 14.9 Å². The molecule has 0 aromatic heterocycles. The van der Waals surface area contributed by atoms with Crippen LogP contribution in [0.4, 0.5) is 5.69 Å². The van der Waals surface area contributed by atoms with Gasteiger partial charge in [-0.05, 0) is 37.3 Å². The average Bonchev–Trinajstić information content (AvgIpc) is 2.76. The topological polar surface area (TPSA) is 109 Å². The molecule has 1 N–H and O–H groups in total. The Morgan fingerprint density at radius 2 is 1.77 bits per heavy atom. The monoisotopic (exact) mass is 418 g/mol. The van der Waals surface area contributed by atoms with E-state index in [1.54, 1.807) is 56.5 Å². The van der Waals surface area contributed by atoms with Crippen molar-refractivity contribution in [2.75, 3.05) is 39.8 Å². The minimum absolute atomic E-state index is 0.0200. The second-order valence-electron chi connectivity index (χ2n) is 6.42. The fourth-order valence-corrected chi connectivity index (χ4v) is 3.04. The molecule has 2 aromatic rings. The van der Waals surface area contributed by atoms with E-state index in [0.29, 0.717) is 28.5 Å². The van der Waals surface area contributed by atoms with E-state index in [1.165, 1.54) is 14.2 Å². The molecule has 0 heterocycles. The molecule has 0 saturated heterocycles. The van der Waals surface area contributed by atoms with Gasteiger partial charge in [-0.25, -0.2) is 4.79 Å². The number of nitro groups is 1. The lowest BCUT2D eigenvalue weighted by Gasteiger charge is -2.25. The van der Waals surface area contributed by atoms with Crippen LogP contribution in [0.1, 0.15) is 12.5 Å². The maximum absolute atomic E-state index is 12.8. The maximum atomic E-state index is 12.8. The first-order valence-corrected chi connectivity index (χ1v) is 9.31. The summed E-state index contributed by atoms with van der Waals surface area (Å²) in [7, 11) is 4.45. The normalized spacial score (nSPS) is 12.4. The summed E-state index contributed by atoms with van der Waals surface area (Å²) >= 11 is 0. The number of methoxy groups -OCH3 is 3. The van der Waals surface area contributed by atoms with Crippen LogP contribution in [-0.2, 0) is 16.0 Å². The van der Waals surface area contributed by atoms with E-state index in [-0.39, 0.29) is 19.6 Å². The van der Waals surface area contributed by atoms with Crippen molar-refractivity contribution in [1.82, 2.24) is 0 Å². The average molecular weight is 418 g/mol. The van der Waals surface area contributed by atoms with Crippen LogP contribution in [0.15, 0.2) is 42.5 Å². The fraction of sp³-hybridized carbons (Fsp3) is 0.381. The summed E-state index contributed by atoms with van der Waals surface area (Å²) in [5, 5.41) is 15.2. The molecule has 2 rings (SSSR count). The summed E-state index contributed by atoms with van der Waals surface area (Å²) in [4.78, 5) is 24.4. The number of anilines is 1. The van der Waals surface area contributed by atoms with Crippen LogP contribution in [0.2, 0.25) is 0 Å². The zero-order chi connectivity index (χ0) is 22.1. The van der Waals surface area contributed by atoms with Crippen LogP contribution < -0.4 is 19.5 Å². The van der Waals surface area contributed by atoms with Gasteiger partial charge in [0, 0.05) is 16.2 Å². The van der Waals surface area contributed by atoms with Crippen molar-refractivity contribution in [2.24, 2.45) is 0 Å². The van der Waals surface area contributed by atoms with Crippen molar-refractivity contribution in [3.05, 3.63) is 58.1 Å². The maximum Gasteiger partial charge on any atom is 0.387 e. The van der Waals surface area contributed by atoms with E-state index >= 15 is 0 Å². The molecule has 0 saturated carbocycles. The highest BCUT2D eigenvalue weighted by Crippen LogP contribution is 2.34. The first-order valence-electron chi connectivity index (χ1n) is 9.31. The summed E-state index contributed by atoms with van der Waals surface area (Å²) in [5.74, 6) is 0.465. The van der Waals surface area contributed by atoms with Crippen molar-refractivity contribution >= 4 is 11.7 Å². The van der Waals surface area contributed by atoms with Gasteiger partial charge in [0.1, 0.15) is 5.75 Å². The number of rotatable bonds is 11. The third kappa shape index (κ3) is 4.91. The number of carbonyl (C=O) groups excluding carboxylic acids is 1. The highest BCUT2D eigenvalue weighted by atomic mass is 16.6. The Morgan fingerprint density at radius 3 is 2.30 bits per heavy atom. The van der Waals surface area contributed by atoms with Gasteiger partial charge in [-0.1, -0.05) is 12.1 Å². The Balaban J connectivity index is 2.42. The molecule has 30 heavy (non-hydrogen) atoms. The van der Waals surface area contributed by atoms with Crippen molar-refractivity contribution < 1.29 is 28.7 Å². The van der Waals surface area contributed by atoms with E-state index < -0.39 is 16.4 Å². The molecule has 0 amide bonds. The van der Waals surface area contributed by atoms with Crippen LogP contribution in [0.25, 0.3) is 0 Å². The van der Waals surface area contributed by atoms with Crippen LogP contribution in [0.3, 0.4) is 0 Å². The van der Waals surface area contributed by atoms with Crippen LogP contribution >= 0.6 is 0 Å². The molecule has 9 nitrogen and oxygen atoms in total. The van der Waals surface area contributed by atoms with E-state index in [2.05, 4.69) is 5.32 Å². The van der Waals surface area contributed by atoms with E-state index in [1.807, 2.05) is 0 Å². The molecule has 9 heteroatoms. The Kier molecular flexibility index (Phi) is 7.85. The lowest BCUT2D eigenvalue weighted by atomic mass is 9.90. The Morgan fingerprint density at radius 1 is 1.07 bits per heavy atom. The summed E-state index contributed by atoms with van der Waals surface area (Å²) in [6.07, 6.45) is -0.248. The van der Waals surface area contributed by atoms with Crippen LogP contribution in [-0.4, -0.2) is 50.9 Å². The number of nitrogens with one attached hydrogen (secondary N) is 1. The van der Waals surface area contributed by atoms with E-state index in [4.69, 9.17) is 18.9 Å². The predicted molar refractivity (Wildman–Crippen MR) is 111 cm³/mol. The highest BCUT2D eigenvalue weighted by Gasteiger charge is 2.53. The zero-order valence-electron chi connectivity index (χ0n) is 17.5. The number of para-hydroxylation sites is 1. The molecule has 0 fully saturated rings. The van der Waals surface area contributed by atoms with Gasteiger partial charge in [0.15, 0.2) is 11.5 Å². The van der Waals surface area contributed by atoms with Gasteiger partial charge in [0.05, 0.1) is 40.9 Å². The zero-order valence-corrected chi connectivity index (χ0v) is 17.5. The van der Waals surface area contributed by atoms with Gasteiger partial charge in [-0.2, -0.15) is 0 Å². The highest BCUT2D eigenvalue weighted by molar-refractivity contribution is 5.81. The second kappa shape index (κ2) is 10.3. The number of hydrogen-bond donors (Lipinski definition) is 1. The first-order chi connectivity index (χ1) is 14.4. The van der Waals surface area contributed by atoms with Crippen molar-refractivity contribution in [2.45, 2.75) is 18.9 Å². The summed E-state index contributed by atoms with van der Waals surface area (Å²) in [6, 6.07) is 11.9. The molecule has 0 bridgehead atoms. The van der Waals surface area contributed by atoms with E-state index in [0.717, 1.165) is 0 Å². The first kappa shape index (κ1) is 22.8. The number of esters is 1. The molecule has 0 aliphatic carbocycles. The molecule has 162 valence electrons. The molecule has 2 aromatic carbocycles. The molecule has 1 atom stereocenters. The fourth-order valence-electron chi connectivity index (χ4n) is 3.04. The van der Waals surface area contributed by atoms with Gasteiger partial charge in [-0.15, -0.1) is 0 Å². The van der Waals surface area contributed by atoms with Gasteiger partial charge in [0.25, 0.3) is 0 Å². The Labute approximate surface area is 175 Å². The van der Waals surface area contributed by atoms with Gasteiger partial charge < -0.3 is 24.3 Å². The molecule has 0 aliphatic heterocycles. The number of benzene rings is 2. The predicted octanol–water partition coefficient (Wildman–Crippen LogP) is 2.95. The number of carbonyl (C=O) groups is 1. The van der Waals surface area contributed by atoms with Crippen molar-refractivity contribution in [3.8, 4) is 17.2 Å². The third-order valence-corrected chi connectivity index (χ3v) is 4.65.